The number of benzene rings is 1. The second-order valence-electron chi connectivity index (χ2n) is 6.64. The molecule has 0 spiro atoms. The van der Waals surface area contributed by atoms with Crippen LogP contribution in [0.1, 0.15) is 35.7 Å². The molecule has 1 aliphatic heterocycles. The Kier molecular flexibility index (Phi) is 5.11. The van der Waals surface area contributed by atoms with Crippen LogP contribution in [0.5, 0.6) is 0 Å². The molecular formula is C18H21N5O3. The maximum Gasteiger partial charge on any atom is 0.272 e. The smallest absolute Gasteiger partial charge is 0.272 e. The number of carbonyl (C=O) groups excluding carboxylic acids is 1. The fourth-order valence-electron chi connectivity index (χ4n) is 3.02. The van der Waals surface area contributed by atoms with Crippen molar-refractivity contribution in [2.24, 2.45) is 5.92 Å². The number of hydrogen-bond donors (Lipinski definition) is 1. The van der Waals surface area contributed by atoms with E-state index in [2.05, 4.69) is 27.1 Å². The van der Waals surface area contributed by atoms with Gasteiger partial charge in [-0.2, -0.15) is 0 Å². The number of piperidine rings is 1. The first-order valence-electron chi connectivity index (χ1n) is 8.57. The quantitative estimate of drug-likeness (QED) is 0.668. The van der Waals surface area contributed by atoms with E-state index in [1.807, 2.05) is 0 Å². The SMILES string of the molecule is Cc1cc(C(=O)Nc2cc(N3CCC(C)CC3)ncn2)ccc1[N+](=O)[O-]. The summed E-state index contributed by atoms with van der Waals surface area (Å²) in [5.41, 5.74) is 0.777. The highest BCUT2D eigenvalue weighted by atomic mass is 16.6. The summed E-state index contributed by atoms with van der Waals surface area (Å²) in [5, 5.41) is 13.6. The molecule has 136 valence electrons. The molecule has 1 aromatic heterocycles. The predicted molar refractivity (Wildman–Crippen MR) is 98.4 cm³/mol. The van der Waals surface area contributed by atoms with Gasteiger partial charge in [0.2, 0.25) is 0 Å². The molecule has 26 heavy (non-hydrogen) atoms. The molecule has 1 aliphatic rings. The molecule has 1 amide bonds. The van der Waals surface area contributed by atoms with Gasteiger partial charge in [0.05, 0.1) is 4.92 Å². The zero-order valence-corrected chi connectivity index (χ0v) is 14.8. The van der Waals surface area contributed by atoms with E-state index in [4.69, 9.17) is 0 Å². The molecule has 0 unspecified atom stereocenters. The van der Waals surface area contributed by atoms with Crippen molar-refractivity contribution in [2.75, 3.05) is 23.3 Å². The Balaban J connectivity index is 1.72. The van der Waals surface area contributed by atoms with Gasteiger partial charge in [-0.25, -0.2) is 9.97 Å². The highest BCUT2D eigenvalue weighted by Gasteiger charge is 2.18. The maximum absolute atomic E-state index is 12.4. The lowest BCUT2D eigenvalue weighted by Gasteiger charge is -2.31. The molecule has 1 fully saturated rings. The zero-order chi connectivity index (χ0) is 18.7. The van der Waals surface area contributed by atoms with Crippen molar-refractivity contribution in [1.82, 2.24) is 9.97 Å². The fourth-order valence-corrected chi connectivity index (χ4v) is 3.02. The van der Waals surface area contributed by atoms with Crippen molar-refractivity contribution in [1.29, 1.82) is 0 Å². The van der Waals surface area contributed by atoms with Crippen LogP contribution in [0.3, 0.4) is 0 Å². The van der Waals surface area contributed by atoms with Gasteiger partial charge < -0.3 is 10.2 Å². The Labute approximate surface area is 151 Å². The molecule has 0 radical (unpaired) electrons. The Hall–Kier alpha value is -3.03. The first-order valence-corrected chi connectivity index (χ1v) is 8.57. The summed E-state index contributed by atoms with van der Waals surface area (Å²) in [4.78, 5) is 33.4. The van der Waals surface area contributed by atoms with Crippen LogP contribution in [0.2, 0.25) is 0 Å². The van der Waals surface area contributed by atoms with Gasteiger partial charge in [-0.3, -0.25) is 14.9 Å². The lowest BCUT2D eigenvalue weighted by Crippen LogP contribution is -2.33. The standard InChI is InChI=1S/C18H21N5O3/c1-12-5-7-22(8-6-12)17-10-16(19-11-20-17)21-18(24)14-3-4-15(23(25)26)13(2)9-14/h3-4,9-12H,5-8H2,1-2H3,(H,19,20,21,24). The molecule has 0 saturated carbocycles. The van der Waals surface area contributed by atoms with Gasteiger partial charge in [-0.1, -0.05) is 6.92 Å². The van der Waals surface area contributed by atoms with Crippen LogP contribution in [-0.4, -0.2) is 33.9 Å². The van der Waals surface area contributed by atoms with Crippen LogP contribution < -0.4 is 10.2 Å². The maximum atomic E-state index is 12.4. The Morgan fingerprint density at radius 3 is 2.65 bits per heavy atom. The molecule has 1 saturated heterocycles. The predicted octanol–water partition coefficient (Wildman–Crippen LogP) is 3.18. The summed E-state index contributed by atoms with van der Waals surface area (Å²) in [6.07, 6.45) is 3.67. The van der Waals surface area contributed by atoms with E-state index in [1.54, 1.807) is 13.0 Å². The molecule has 0 aliphatic carbocycles. The summed E-state index contributed by atoms with van der Waals surface area (Å²) in [6.45, 7) is 5.73. The van der Waals surface area contributed by atoms with Crippen molar-refractivity contribution < 1.29 is 9.72 Å². The van der Waals surface area contributed by atoms with Crippen molar-refractivity contribution in [3.05, 3.63) is 51.8 Å². The molecule has 0 bridgehead atoms. The minimum atomic E-state index is -0.465. The molecule has 3 rings (SSSR count). The average Bonchev–Trinajstić information content (AvgIpc) is 2.62. The van der Waals surface area contributed by atoms with E-state index >= 15 is 0 Å². The third-order valence-electron chi connectivity index (χ3n) is 4.66. The first-order chi connectivity index (χ1) is 12.4. The second-order valence-corrected chi connectivity index (χ2v) is 6.64. The Morgan fingerprint density at radius 1 is 1.27 bits per heavy atom. The molecule has 8 nitrogen and oxygen atoms in total. The Bertz CT molecular complexity index is 831. The van der Waals surface area contributed by atoms with Gasteiger partial charge >= 0.3 is 0 Å². The largest absolute Gasteiger partial charge is 0.356 e. The third-order valence-corrected chi connectivity index (χ3v) is 4.66. The van der Waals surface area contributed by atoms with Crippen LogP contribution in [0.4, 0.5) is 17.3 Å². The van der Waals surface area contributed by atoms with Gasteiger partial charge in [0, 0.05) is 36.3 Å². The van der Waals surface area contributed by atoms with Gasteiger partial charge in [-0.05, 0) is 37.8 Å². The van der Waals surface area contributed by atoms with Crippen molar-refractivity contribution in [2.45, 2.75) is 26.7 Å². The second kappa shape index (κ2) is 7.47. The number of nitrogens with zero attached hydrogens (tertiary/aromatic N) is 4. The minimum Gasteiger partial charge on any atom is -0.356 e. The number of rotatable bonds is 4. The highest BCUT2D eigenvalue weighted by molar-refractivity contribution is 6.04. The van der Waals surface area contributed by atoms with Crippen molar-refractivity contribution in [3.63, 3.8) is 0 Å². The zero-order valence-electron chi connectivity index (χ0n) is 14.8. The highest BCUT2D eigenvalue weighted by Crippen LogP contribution is 2.23. The number of nitrogens with one attached hydrogen (secondary N) is 1. The summed E-state index contributed by atoms with van der Waals surface area (Å²) in [6, 6.07) is 6.03. The van der Waals surface area contributed by atoms with E-state index in [-0.39, 0.29) is 11.6 Å². The van der Waals surface area contributed by atoms with E-state index in [0.717, 1.165) is 37.7 Å². The first kappa shape index (κ1) is 17.8. The molecular weight excluding hydrogens is 334 g/mol. The third kappa shape index (κ3) is 3.96. The minimum absolute atomic E-state index is 0.00907. The van der Waals surface area contributed by atoms with Crippen LogP contribution in [0.15, 0.2) is 30.6 Å². The van der Waals surface area contributed by atoms with Gasteiger partial charge in [0.1, 0.15) is 18.0 Å². The Morgan fingerprint density at radius 2 is 2.00 bits per heavy atom. The number of carbonyl (C=O) groups is 1. The van der Waals surface area contributed by atoms with Crippen LogP contribution >= 0.6 is 0 Å². The van der Waals surface area contributed by atoms with E-state index < -0.39 is 4.92 Å². The molecule has 2 heterocycles. The molecule has 2 aromatic rings. The molecule has 1 aromatic carbocycles. The molecule has 1 N–H and O–H groups in total. The normalized spacial score (nSPS) is 14.9. The molecule has 0 atom stereocenters. The number of nitro groups is 1. The lowest BCUT2D eigenvalue weighted by molar-refractivity contribution is -0.385. The lowest BCUT2D eigenvalue weighted by atomic mass is 9.99. The van der Waals surface area contributed by atoms with E-state index in [9.17, 15) is 14.9 Å². The van der Waals surface area contributed by atoms with Crippen LogP contribution in [0, 0.1) is 23.0 Å². The van der Waals surface area contributed by atoms with Crippen LogP contribution in [0.25, 0.3) is 0 Å². The molecule has 8 heteroatoms. The van der Waals surface area contributed by atoms with Gasteiger partial charge in [0.25, 0.3) is 11.6 Å². The number of hydrogen-bond acceptors (Lipinski definition) is 6. The average molecular weight is 355 g/mol. The number of amides is 1. The van der Waals surface area contributed by atoms with E-state index in [0.29, 0.717) is 16.9 Å². The number of nitro benzene ring substituents is 1. The van der Waals surface area contributed by atoms with Crippen LogP contribution in [-0.2, 0) is 0 Å². The van der Waals surface area contributed by atoms with Gasteiger partial charge in [0.15, 0.2) is 0 Å². The van der Waals surface area contributed by atoms with Crippen molar-refractivity contribution >= 4 is 23.2 Å². The monoisotopic (exact) mass is 355 g/mol. The number of aromatic nitrogens is 2. The number of aryl methyl sites for hydroxylation is 1. The number of anilines is 2. The fraction of sp³-hybridized carbons (Fsp3) is 0.389. The summed E-state index contributed by atoms with van der Waals surface area (Å²) in [5.74, 6) is 1.56. The van der Waals surface area contributed by atoms with Crippen molar-refractivity contribution in [3.8, 4) is 0 Å². The summed E-state index contributed by atoms with van der Waals surface area (Å²) in [7, 11) is 0. The summed E-state index contributed by atoms with van der Waals surface area (Å²) < 4.78 is 0. The summed E-state index contributed by atoms with van der Waals surface area (Å²) >= 11 is 0. The van der Waals surface area contributed by atoms with E-state index in [1.165, 1.54) is 24.5 Å². The topological polar surface area (TPSA) is 101 Å². The van der Waals surface area contributed by atoms with Gasteiger partial charge in [-0.15, -0.1) is 0 Å².